The molecule has 0 saturated heterocycles. The first-order valence-electron chi connectivity index (χ1n) is 4.61. The summed E-state index contributed by atoms with van der Waals surface area (Å²) >= 11 is 3.41. The van der Waals surface area contributed by atoms with Gasteiger partial charge in [0.1, 0.15) is 5.78 Å². The zero-order chi connectivity index (χ0) is 10.6. The van der Waals surface area contributed by atoms with E-state index >= 15 is 0 Å². The molecular formula is C11H14BrNO. The molecule has 1 aromatic carbocycles. The Labute approximate surface area is 92.6 Å². The van der Waals surface area contributed by atoms with Crippen LogP contribution in [0.3, 0.4) is 0 Å². The summed E-state index contributed by atoms with van der Waals surface area (Å²) in [6.07, 6.45) is 0.458. The van der Waals surface area contributed by atoms with Crippen molar-refractivity contribution in [2.24, 2.45) is 11.7 Å². The van der Waals surface area contributed by atoms with Gasteiger partial charge in [-0.3, -0.25) is 4.79 Å². The van der Waals surface area contributed by atoms with E-state index in [1.807, 2.05) is 31.2 Å². The van der Waals surface area contributed by atoms with Crippen LogP contribution in [0.25, 0.3) is 0 Å². The standard InChI is InChI=1S/C11H14BrNO/c1-8(7-13)11(14)6-9-4-2-3-5-10(9)12/h2-5,8H,6-7,13H2,1H3. The number of ketones is 1. The number of carbonyl (C=O) groups excluding carboxylic acids is 1. The van der Waals surface area contributed by atoms with E-state index in [2.05, 4.69) is 15.9 Å². The number of benzene rings is 1. The Morgan fingerprint density at radius 2 is 2.14 bits per heavy atom. The molecular weight excluding hydrogens is 242 g/mol. The molecule has 0 aliphatic rings. The van der Waals surface area contributed by atoms with Crippen LogP contribution in [0.4, 0.5) is 0 Å². The molecule has 0 aromatic heterocycles. The predicted octanol–water partition coefficient (Wildman–Crippen LogP) is 2.16. The fourth-order valence-corrected chi connectivity index (χ4v) is 1.56. The number of halogens is 1. The maximum atomic E-state index is 11.6. The lowest BCUT2D eigenvalue weighted by molar-refractivity contribution is -0.121. The van der Waals surface area contributed by atoms with Gasteiger partial charge >= 0.3 is 0 Å². The largest absolute Gasteiger partial charge is 0.330 e. The van der Waals surface area contributed by atoms with Crippen LogP contribution in [0, 0.1) is 5.92 Å². The molecule has 0 radical (unpaired) electrons. The van der Waals surface area contributed by atoms with Crippen LogP contribution in [0.1, 0.15) is 12.5 Å². The van der Waals surface area contributed by atoms with E-state index in [4.69, 9.17) is 5.73 Å². The maximum absolute atomic E-state index is 11.6. The van der Waals surface area contributed by atoms with Gasteiger partial charge in [0.15, 0.2) is 0 Å². The first-order valence-corrected chi connectivity index (χ1v) is 5.40. The van der Waals surface area contributed by atoms with E-state index in [1.54, 1.807) is 0 Å². The molecule has 1 unspecified atom stereocenters. The van der Waals surface area contributed by atoms with Gasteiger partial charge in [-0.25, -0.2) is 0 Å². The van der Waals surface area contributed by atoms with Crippen LogP contribution >= 0.6 is 15.9 Å². The number of nitrogens with two attached hydrogens (primary N) is 1. The lowest BCUT2D eigenvalue weighted by Gasteiger charge is -2.08. The van der Waals surface area contributed by atoms with Crippen molar-refractivity contribution in [1.82, 2.24) is 0 Å². The quantitative estimate of drug-likeness (QED) is 0.896. The van der Waals surface area contributed by atoms with Gasteiger partial charge in [-0.15, -0.1) is 0 Å². The average Bonchev–Trinajstić information content (AvgIpc) is 2.20. The Kier molecular flexibility index (Phi) is 4.29. The van der Waals surface area contributed by atoms with Gasteiger partial charge in [0.2, 0.25) is 0 Å². The van der Waals surface area contributed by atoms with E-state index in [0.717, 1.165) is 10.0 Å². The third-order valence-corrected chi connectivity index (χ3v) is 3.00. The number of carbonyl (C=O) groups is 1. The van der Waals surface area contributed by atoms with Crippen molar-refractivity contribution in [2.75, 3.05) is 6.54 Å². The van der Waals surface area contributed by atoms with Gasteiger partial charge in [0, 0.05) is 23.4 Å². The van der Waals surface area contributed by atoms with Crippen LogP contribution < -0.4 is 5.73 Å². The molecule has 0 saturated carbocycles. The minimum Gasteiger partial charge on any atom is -0.330 e. The summed E-state index contributed by atoms with van der Waals surface area (Å²) < 4.78 is 0.984. The highest BCUT2D eigenvalue weighted by atomic mass is 79.9. The second kappa shape index (κ2) is 5.27. The van der Waals surface area contributed by atoms with Gasteiger partial charge < -0.3 is 5.73 Å². The molecule has 14 heavy (non-hydrogen) atoms. The Balaban J connectivity index is 2.70. The topological polar surface area (TPSA) is 43.1 Å². The first-order chi connectivity index (χ1) is 6.65. The third-order valence-electron chi connectivity index (χ3n) is 2.23. The maximum Gasteiger partial charge on any atom is 0.141 e. The molecule has 76 valence electrons. The molecule has 0 aliphatic carbocycles. The molecule has 3 heteroatoms. The van der Waals surface area contributed by atoms with Crippen LogP contribution in [0.5, 0.6) is 0 Å². The SMILES string of the molecule is CC(CN)C(=O)Cc1ccccc1Br. The molecule has 0 aliphatic heterocycles. The molecule has 0 bridgehead atoms. The van der Waals surface area contributed by atoms with E-state index in [0.29, 0.717) is 13.0 Å². The summed E-state index contributed by atoms with van der Waals surface area (Å²) in [5, 5.41) is 0. The Bertz CT molecular complexity index is 325. The molecule has 2 N–H and O–H groups in total. The van der Waals surface area contributed by atoms with Gasteiger partial charge in [-0.1, -0.05) is 41.1 Å². The zero-order valence-electron chi connectivity index (χ0n) is 8.16. The molecule has 1 atom stereocenters. The average molecular weight is 256 g/mol. The third kappa shape index (κ3) is 2.93. The summed E-state index contributed by atoms with van der Waals surface area (Å²) in [4.78, 5) is 11.6. The van der Waals surface area contributed by atoms with Crippen molar-refractivity contribution in [3.8, 4) is 0 Å². The van der Waals surface area contributed by atoms with E-state index in [-0.39, 0.29) is 11.7 Å². The van der Waals surface area contributed by atoms with E-state index in [9.17, 15) is 4.79 Å². The molecule has 0 fully saturated rings. The minimum atomic E-state index is -0.0536. The van der Waals surface area contributed by atoms with Crippen molar-refractivity contribution in [3.05, 3.63) is 34.3 Å². The minimum absolute atomic E-state index is 0.0536. The van der Waals surface area contributed by atoms with Crippen LogP contribution in [-0.4, -0.2) is 12.3 Å². The number of rotatable bonds is 4. The molecule has 2 nitrogen and oxygen atoms in total. The van der Waals surface area contributed by atoms with Crippen LogP contribution in [0.2, 0.25) is 0 Å². The first kappa shape index (κ1) is 11.4. The zero-order valence-corrected chi connectivity index (χ0v) is 9.75. The van der Waals surface area contributed by atoms with Crippen molar-refractivity contribution in [3.63, 3.8) is 0 Å². The molecule has 0 heterocycles. The highest BCUT2D eigenvalue weighted by molar-refractivity contribution is 9.10. The number of Topliss-reactive ketones (excluding diaryl/α,β-unsaturated/α-hetero) is 1. The summed E-state index contributed by atoms with van der Waals surface area (Å²) in [7, 11) is 0. The van der Waals surface area contributed by atoms with Gasteiger partial charge in [-0.05, 0) is 11.6 Å². The summed E-state index contributed by atoms with van der Waals surface area (Å²) in [5.41, 5.74) is 6.46. The smallest absolute Gasteiger partial charge is 0.141 e. The highest BCUT2D eigenvalue weighted by Gasteiger charge is 2.12. The number of hydrogen-bond acceptors (Lipinski definition) is 2. The molecule has 1 rings (SSSR count). The van der Waals surface area contributed by atoms with Crippen molar-refractivity contribution < 1.29 is 4.79 Å². The second-order valence-electron chi connectivity index (χ2n) is 3.37. The summed E-state index contributed by atoms with van der Waals surface area (Å²) in [6, 6.07) is 7.76. The fraction of sp³-hybridized carbons (Fsp3) is 0.364. The van der Waals surface area contributed by atoms with Crippen LogP contribution in [-0.2, 0) is 11.2 Å². The Hall–Kier alpha value is -0.670. The van der Waals surface area contributed by atoms with Crippen LogP contribution in [0.15, 0.2) is 28.7 Å². The van der Waals surface area contributed by atoms with Crippen molar-refractivity contribution >= 4 is 21.7 Å². The predicted molar refractivity (Wildman–Crippen MR) is 61.1 cm³/mol. The van der Waals surface area contributed by atoms with E-state index < -0.39 is 0 Å². The highest BCUT2D eigenvalue weighted by Crippen LogP contribution is 2.17. The summed E-state index contributed by atoms with van der Waals surface area (Å²) in [6.45, 7) is 2.28. The monoisotopic (exact) mass is 255 g/mol. The van der Waals surface area contributed by atoms with Crippen molar-refractivity contribution in [2.45, 2.75) is 13.3 Å². The normalized spacial score (nSPS) is 12.5. The molecule has 1 aromatic rings. The lowest BCUT2D eigenvalue weighted by Crippen LogP contribution is -2.22. The number of hydrogen-bond donors (Lipinski definition) is 1. The Morgan fingerprint density at radius 3 is 2.71 bits per heavy atom. The van der Waals surface area contributed by atoms with Gasteiger partial charge in [0.05, 0.1) is 0 Å². The molecule has 0 amide bonds. The van der Waals surface area contributed by atoms with Gasteiger partial charge in [0.25, 0.3) is 0 Å². The fourth-order valence-electron chi connectivity index (χ4n) is 1.14. The van der Waals surface area contributed by atoms with Gasteiger partial charge in [-0.2, -0.15) is 0 Å². The summed E-state index contributed by atoms with van der Waals surface area (Å²) in [5.74, 6) is 0.140. The van der Waals surface area contributed by atoms with Crippen molar-refractivity contribution in [1.29, 1.82) is 0 Å². The molecule has 0 spiro atoms. The van der Waals surface area contributed by atoms with E-state index in [1.165, 1.54) is 0 Å². The second-order valence-corrected chi connectivity index (χ2v) is 4.23. The Morgan fingerprint density at radius 1 is 1.50 bits per heavy atom. The lowest BCUT2D eigenvalue weighted by atomic mass is 10.00.